The number of rotatable bonds is 4. The number of furan rings is 1. The Kier molecular flexibility index (Phi) is 5.45. The first-order chi connectivity index (χ1) is 14.7. The number of carbonyl (C=O) groups excluding carboxylic acids is 2. The van der Waals surface area contributed by atoms with E-state index >= 15 is 0 Å². The molecule has 2 heterocycles. The first-order valence-electron chi connectivity index (χ1n) is 8.61. The highest BCUT2D eigenvalue weighted by molar-refractivity contribution is 6.37. The lowest BCUT2D eigenvalue weighted by molar-refractivity contribution is -0.384. The van der Waals surface area contributed by atoms with E-state index < -0.39 is 16.9 Å². The molecule has 0 saturated carbocycles. The summed E-state index contributed by atoms with van der Waals surface area (Å²) in [5.41, 5.74) is 0.232. The Morgan fingerprint density at radius 3 is 2.52 bits per heavy atom. The lowest BCUT2D eigenvalue weighted by Crippen LogP contribution is -2.30. The zero-order valence-corrected chi connectivity index (χ0v) is 17.5. The van der Waals surface area contributed by atoms with Crippen LogP contribution in [0.3, 0.4) is 0 Å². The molecule has 0 atom stereocenters. The van der Waals surface area contributed by atoms with E-state index in [1.807, 2.05) is 0 Å². The van der Waals surface area contributed by atoms with Gasteiger partial charge in [0, 0.05) is 22.7 Å². The highest BCUT2D eigenvalue weighted by Crippen LogP contribution is 2.37. The molecule has 0 radical (unpaired) electrons. The molecule has 0 aliphatic carbocycles. The average Bonchev–Trinajstić information content (AvgIpc) is 3.26. The van der Waals surface area contributed by atoms with E-state index in [9.17, 15) is 19.7 Å². The number of carbonyl (C=O) groups is 2. The maximum atomic E-state index is 12.7. The van der Waals surface area contributed by atoms with Crippen LogP contribution in [0.1, 0.15) is 5.76 Å². The van der Waals surface area contributed by atoms with E-state index in [1.165, 1.54) is 36.4 Å². The van der Waals surface area contributed by atoms with Crippen molar-refractivity contribution in [1.82, 2.24) is 5.32 Å². The number of imide groups is 1. The number of nitro groups is 1. The molecule has 3 aromatic rings. The summed E-state index contributed by atoms with van der Waals surface area (Å²) in [7, 11) is 0. The molecule has 11 heteroatoms. The Labute approximate surface area is 189 Å². The molecule has 4 rings (SSSR count). The number of hydrogen-bond donors (Lipinski definition) is 1. The molecule has 8 nitrogen and oxygen atoms in total. The van der Waals surface area contributed by atoms with E-state index in [0.717, 1.165) is 4.90 Å². The minimum Gasteiger partial charge on any atom is -0.457 e. The standard InChI is InChI=1S/C20H10Cl3N3O5/c21-10-2-1-3-11(6-10)25-19(27)16(24-20(25)28)7-12-4-5-18(31-12)13-8-17(26(29)30)15(23)9-14(13)22/h1-9H,(H,24,28)/b16-7+. The molecule has 0 bridgehead atoms. The van der Waals surface area contributed by atoms with Gasteiger partial charge in [0.15, 0.2) is 0 Å². The van der Waals surface area contributed by atoms with Gasteiger partial charge in [-0.25, -0.2) is 9.69 Å². The van der Waals surface area contributed by atoms with Gasteiger partial charge in [0.2, 0.25) is 0 Å². The number of hydrogen-bond acceptors (Lipinski definition) is 5. The Hall–Kier alpha value is -3.33. The summed E-state index contributed by atoms with van der Waals surface area (Å²) in [6.07, 6.45) is 1.34. The SMILES string of the molecule is O=C1N/C(=C/c2ccc(-c3cc([N+](=O)[O-])c(Cl)cc3Cl)o2)C(=O)N1c1cccc(Cl)c1. The van der Waals surface area contributed by atoms with Gasteiger partial charge in [-0.3, -0.25) is 14.9 Å². The monoisotopic (exact) mass is 477 g/mol. The number of benzene rings is 2. The Morgan fingerprint density at radius 2 is 1.81 bits per heavy atom. The van der Waals surface area contributed by atoms with Gasteiger partial charge in [-0.05, 0) is 36.4 Å². The van der Waals surface area contributed by atoms with Crippen LogP contribution in [0.4, 0.5) is 16.2 Å². The van der Waals surface area contributed by atoms with E-state index in [0.29, 0.717) is 10.7 Å². The van der Waals surface area contributed by atoms with Gasteiger partial charge in [-0.15, -0.1) is 0 Å². The van der Waals surface area contributed by atoms with Crippen molar-refractivity contribution in [2.24, 2.45) is 0 Å². The van der Waals surface area contributed by atoms with Gasteiger partial charge >= 0.3 is 6.03 Å². The summed E-state index contributed by atoms with van der Waals surface area (Å²) in [5, 5.41) is 14.0. The highest BCUT2D eigenvalue weighted by atomic mass is 35.5. The molecular formula is C20H10Cl3N3O5. The lowest BCUT2D eigenvalue weighted by atomic mass is 10.1. The third-order valence-electron chi connectivity index (χ3n) is 4.36. The second-order valence-corrected chi connectivity index (χ2v) is 7.60. The van der Waals surface area contributed by atoms with Crippen molar-refractivity contribution in [3.8, 4) is 11.3 Å². The second-order valence-electron chi connectivity index (χ2n) is 6.35. The zero-order chi connectivity index (χ0) is 22.3. The Bertz CT molecular complexity index is 1280. The third kappa shape index (κ3) is 4.00. The maximum Gasteiger partial charge on any atom is 0.333 e. The molecule has 1 aliphatic heterocycles. The molecule has 0 spiro atoms. The van der Waals surface area contributed by atoms with Crippen LogP contribution in [0.15, 0.2) is 58.6 Å². The number of nitrogens with zero attached hydrogens (tertiary/aromatic N) is 2. The predicted octanol–water partition coefficient (Wildman–Crippen LogP) is 5.91. The molecule has 2 aromatic carbocycles. The van der Waals surface area contributed by atoms with Crippen LogP contribution in [-0.2, 0) is 4.79 Å². The van der Waals surface area contributed by atoms with Crippen LogP contribution in [0.25, 0.3) is 17.4 Å². The van der Waals surface area contributed by atoms with Crippen molar-refractivity contribution < 1.29 is 18.9 Å². The van der Waals surface area contributed by atoms with Crippen LogP contribution in [0.2, 0.25) is 15.1 Å². The fourth-order valence-corrected chi connectivity index (χ4v) is 3.70. The number of anilines is 1. The van der Waals surface area contributed by atoms with Gasteiger partial charge in [-0.1, -0.05) is 40.9 Å². The van der Waals surface area contributed by atoms with E-state index in [2.05, 4.69) is 5.32 Å². The van der Waals surface area contributed by atoms with Crippen LogP contribution in [0, 0.1) is 10.1 Å². The van der Waals surface area contributed by atoms with Crippen molar-refractivity contribution >= 4 is 64.2 Å². The molecule has 1 saturated heterocycles. The molecule has 1 aromatic heterocycles. The number of nitrogens with one attached hydrogen (secondary N) is 1. The molecule has 1 N–H and O–H groups in total. The molecule has 0 unspecified atom stereocenters. The van der Waals surface area contributed by atoms with Crippen molar-refractivity contribution in [2.75, 3.05) is 4.90 Å². The van der Waals surface area contributed by atoms with Gasteiger partial charge in [0.1, 0.15) is 22.2 Å². The summed E-state index contributed by atoms with van der Waals surface area (Å²) >= 11 is 17.9. The van der Waals surface area contributed by atoms with Gasteiger partial charge < -0.3 is 9.73 Å². The summed E-state index contributed by atoms with van der Waals surface area (Å²) in [5.74, 6) is -0.147. The van der Waals surface area contributed by atoms with Crippen LogP contribution >= 0.6 is 34.8 Å². The quantitative estimate of drug-likeness (QED) is 0.217. The van der Waals surface area contributed by atoms with Crippen molar-refractivity contribution in [3.05, 3.63) is 85.2 Å². The lowest BCUT2D eigenvalue weighted by Gasteiger charge is -2.11. The number of halogens is 3. The summed E-state index contributed by atoms with van der Waals surface area (Å²) in [6.45, 7) is 0. The first-order valence-corrected chi connectivity index (χ1v) is 9.74. The van der Waals surface area contributed by atoms with Gasteiger partial charge in [0.25, 0.3) is 11.6 Å². The fraction of sp³-hybridized carbons (Fsp3) is 0. The minimum atomic E-state index is -0.637. The molecule has 1 fully saturated rings. The largest absolute Gasteiger partial charge is 0.457 e. The molecular weight excluding hydrogens is 469 g/mol. The minimum absolute atomic E-state index is 0.0148. The van der Waals surface area contributed by atoms with Gasteiger partial charge in [-0.2, -0.15) is 0 Å². The number of urea groups is 1. The van der Waals surface area contributed by atoms with Gasteiger partial charge in [0.05, 0.1) is 15.6 Å². The first kappa shape index (κ1) is 20.9. The maximum absolute atomic E-state index is 12.7. The normalized spacial score (nSPS) is 14.9. The fourth-order valence-electron chi connectivity index (χ4n) is 2.97. The highest BCUT2D eigenvalue weighted by Gasteiger charge is 2.35. The average molecular weight is 479 g/mol. The molecule has 1 aliphatic rings. The number of amides is 3. The molecule has 3 amide bonds. The van der Waals surface area contributed by atoms with Crippen molar-refractivity contribution in [2.45, 2.75) is 0 Å². The zero-order valence-electron chi connectivity index (χ0n) is 15.3. The summed E-state index contributed by atoms with van der Waals surface area (Å²) in [4.78, 5) is 36.4. The molecule has 156 valence electrons. The van der Waals surface area contributed by atoms with E-state index in [-0.39, 0.29) is 38.5 Å². The number of nitro benzene ring substituents is 1. The Morgan fingerprint density at radius 1 is 1.03 bits per heavy atom. The topological polar surface area (TPSA) is 106 Å². The van der Waals surface area contributed by atoms with E-state index in [1.54, 1.807) is 18.2 Å². The van der Waals surface area contributed by atoms with Crippen LogP contribution < -0.4 is 10.2 Å². The van der Waals surface area contributed by atoms with E-state index in [4.69, 9.17) is 39.2 Å². The van der Waals surface area contributed by atoms with Crippen molar-refractivity contribution in [1.29, 1.82) is 0 Å². The summed E-state index contributed by atoms with van der Waals surface area (Å²) in [6, 6.07) is 11.2. The Balaban J connectivity index is 1.65. The third-order valence-corrected chi connectivity index (χ3v) is 5.21. The van der Waals surface area contributed by atoms with Crippen LogP contribution in [0.5, 0.6) is 0 Å². The predicted molar refractivity (Wildman–Crippen MR) is 116 cm³/mol. The second kappa shape index (κ2) is 8.07. The summed E-state index contributed by atoms with van der Waals surface area (Å²) < 4.78 is 5.66. The smallest absolute Gasteiger partial charge is 0.333 e. The van der Waals surface area contributed by atoms with Crippen LogP contribution in [-0.4, -0.2) is 16.9 Å². The van der Waals surface area contributed by atoms with Crippen molar-refractivity contribution in [3.63, 3.8) is 0 Å². The molecule has 31 heavy (non-hydrogen) atoms.